The van der Waals surface area contributed by atoms with Gasteiger partial charge in [0.2, 0.25) is 5.91 Å². The summed E-state index contributed by atoms with van der Waals surface area (Å²) in [7, 11) is 0. The molecule has 0 bridgehead atoms. The van der Waals surface area contributed by atoms with Crippen molar-refractivity contribution < 1.29 is 9.59 Å². The van der Waals surface area contributed by atoms with Gasteiger partial charge in [-0.15, -0.1) is 12.3 Å². The third-order valence-electron chi connectivity index (χ3n) is 2.72. The van der Waals surface area contributed by atoms with Gasteiger partial charge in [0.05, 0.1) is 6.54 Å². The van der Waals surface area contributed by atoms with Crippen LogP contribution in [0.25, 0.3) is 0 Å². The van der Waals surface area contributed by atoms with E-state index in [0.29, 0.717) is 6.54 Å². The number of aromatic nitrogens is 1. The van der Waals surface area contributed by atoms with Crippen LogP contribution in [-0.4, -0.2) is 21.6 Å². The molecule has 0 spiro atoms. The van der Waals surface area contributed by atoms with Crippen molar-refractivity contribution in [2.45, 2.75) is 19.9 Å². The zero-order valence-corrected chi connectivity index (χ0v) is 10.9. The minimum Gasteiger partial charge on any atom is -0.315 e. The van der Waals surface area contributed by atoms with Crippen LogP contribution in [0.5, 0.6) is 0 Å². The minimum absolute atomic E-state index is 0.106. The third-order valence-corrected chi connectivity index (χ3v) is 2.72. The molecule has 0 saturated heterocycles. The SMILES string of the molecule is C#CCC(C(C)=O)C(=O)N(C=C)Cc1ccncc1. The Morgan fingerprint density at radius 3 is 2.63 bits per heavy atom. The smallest absolute Gasteiger partial charge is 0.238 e. The lowest BCUT2D eigenvalue weighted by molar-refractivity contribution is -0.138. The molecule has 0 saturated carbocycles. The largest absolute Gasteiger partial charge is 0.315 e. The molecule has 1 rings (SSSR count). The van der Waals surface area contributed by atoms with Crippen LogP contribution in [0.1, 0.15) is 18.9 Å². The fraction of sp³-hybridized carbons (Fsp3) is 0.267. The molecule has 1 heterocycles. The Hall–Kier alpha value is -2.41. The van der Waals surface area contributed by atoms with Crippen LogP contribution in [-0.2, 0) is 16.1 Å². The fourth-order valence-electron chi connectivity index (χ4n) is 1.64. The van der Waals surface area contributed by atoms with E-state index in [1.54, 1.807) is 24.5 Å². The van der Waals surface area contributed by atoms with Crippen LogP contribution >= 0.6 is 0 Å². The van der Waals surface area contributed by atoms with Gasteiger partial charge in [0.25, 0.3) is 0 Å². The summed E-state index contributed by atoms with van der Waals surface area (Å²) in [6, 6.07) is 3.60. The molecule has 0 radical (unpaired) electrons. The quantitative estimate of drug-likeness (QED) is 0.576. The number of Topliss-reactive ketones (excluding diaryl/α,β-unsaturated/α-hetero) is 1. The summed E-state index contributed by atoms with van der Waals surface area (Å²) >= 11 is 0. The molecule has 98 valence electrons. The number of carbonyl (C=O) groups excluding carboxylic acids is 2. The Labute approximate surface area is 113 Å². The molecule has 1 aromatic heterocycles. The van der Waals surface area contributed by atoms with Crippen LogP contribution in [0.15, 0.2) is 37.3 Å². The Kier molecular flexibility index (Phi) is 5.49. The lowest BCUT2D eigenvalue weighted by Gasteiger charge is -2.21. The van der Waals surface area contributed by atoms with Crippen molar-refractivity contribution in [1.29, 1.82) is 0 Å². The Morgan fingerprint density at radius 2 is 2.16 bits per heavy atom. The van der Waals surface area contributed by atoms with Crippen LogP contribution in [0, 0.1) is 18.3 Å². The standard InChI is InChI=1S/C15H16N2O2/c1-4-6-14(12(3)18)15(19)17(5-2)11-13-7-9-16-10-8-13/h1,5,7-10,14H,2,6,11H2,3H3. The van der Waals surface area contributed by atoms with Gasteiger partial charge in [-0.1, -0.05) is 6.58 Å². The molecule has 0 aliphatic carbocycles. The molecular weight excluding hydrogens is 240 g/mol. The van der Waals surface area contributed by atoms with E-state index in [4.69, 9.17) is 6.42 Å². The lowest BCUT2D eigenvalue weighted by Crippen LogP contribution is -2.34. The average Bonchev–Trinajstić information content (AvgIpc) is 2.42. The predicted octanol–water partition coefficient (Wildman–Crippen LogP) is 1.78. The molecule has 1 atom stereocenters. The summed E-state index contributed by atoms with van der Waals surface area (Å²) < 4.78 is 0. The van der Waals surface area contributed by atoms with Crippen LogP contribution < -0.4 is 0 Å². The highest BCUT2D eigenvalue weighted by Gasteiger charge is 2.26. The van der Waals surface area contributed by atoms with Crippen molar-refractivity contribution in [3.63, 3.8) is 0 Å². The first-order valence-corrected chi connectivity index (χ1v) is 5.86. The maximum Gasteiger partial charge on any atom is 0.238 e. The van der Waals surface area contributed by atoms with E-state index in [-0.39, 0.29) is 18.1 Å². The first kappa shape index (κ1) is 14.7. The van der Waals surface area contributed by atoms with E-state index in [2.05, 4.69) is 17.5 Å². The molecule has 4 nitrogen and oxygen atoms in total. The maximum absolute atomic E-state index is 12.2. The van der Waals surface area contributed by atoms with Crippen LogP contribution in [0.2, 0.25) is 0 Å². The number of hydrogen-bond acceptors (Lipinski definition) is 3. The van der Waals surface area contributed by atoms with Crippen molar-refractivity contribution in [3.05, 3.63) is 42.9 Å². The maximum atomic E-state index is 12.2. The summed E-state index contributed by atoms with van der Waals surface area (Å²) in [5.74, 6) is 1.01. The monoisotopic (exact) mass is 256 g/mol. The zero-order valence-electron chi connectivity index (χ0n) is 10.9. The Bertz CT molecular complexity index is 503. The summed E-state index contributed by atoms with van der Waals surface area (Å²) in [5.41, 5.74) is 0.909. The number of pyridine rings is 1. The number of terminal acetylenes is 1. The van der Waals surface area contributed by atoms with E-state index in [1.165, 1.54) is 18.0 Å². The number of ketones is 1. The molecule has 0 aliphatic heterocycles. The average molecular weight is 256 g/mol. The number of rotatable bonds is 6. The number of amides is 1. The molecule has 0 fully saturated rings. The highest BCUT2D eigenvalue weighted by molar-refractivity contribution is 6.00. The van der Waals surface area contributed by atoms with Crippen LogP contribution in [0.3, 0.4) is 0 Å². The zero-order chi connectivity index (χ0) is 14.3. The van der Waals surface area contributed by atoms with Gasteiger partial charge >= 0.3 is 0 Å². The first-order valence-electron chi connectivity index (χ1n) is 5.86. The van der Waals surface area contributed by atoms with Gasteiger partial charge in [-0.25, -0.2) is 0 Å². The normalized spacial score (nSPS) is 11.2. The Balaban J connectivity index is 2.84. The molecule has 1 amide bonds. The van der Waals surface area contributed by atoms with Gasteiger partial charge in [-0.3, -0.25) is 14.6 Å². The molecule has 4 heteroatoms. The molecule has 1 unspecified atom stereocenters. The molecule has 0 aromatic carbocycles. The molecular formula is C15H16N2O2. The summed E-state index contributed by atoms with van der Waals surface area (Å²) in [6.07, 6.45) is 10.00. The van der Waals surface area contributed by atoms with Gasteiger partial charge in [0, 0.05) is 18.8 Å². The van der Waals surface area contributed by atoms with E-state index >= 15 is 0 Å². The molecule has 0 aliphatic rings. The third kappa shape index (κ3) is 4.07. The molecule has 0 N–H and O–H groups in total. The highest BCUT2D eigenvalue weighted by atomic mass is 16.2. The van der Waals surface area contributed by atoms with Crippen molar-refractivity contribution in [3.8, 4) is 12.3 Å². The van der Waals surface area contributed by atoms with Crippen LogP contribution in [0.4, 0.5) is 0 Å². The highest BCUT2D eigenvalue weighted by Crippen LogP contribution is 2.12. The van der Waals surface area contributed by atoms with Gasteiger partial charge in [0.1, 0.15) is 11.7 Å². The lowest BCUT2D eigenvalue weighted by atomic mass is 9.99. The van der Waals surface area contributed by atoms with Crippen molar-refractivity contribution >= 4 is 11.7 Å². The summed E-state index contributed by atoms with van der Waals surface area (Å²) in [4.78, 5) is 29.0. The minimum atomic E-state index is -0.801. The second kappa shape index (κ2) is 7.12. The second-order valence-corrected chi connectivity index (χ2v) is 4.08. The van der Waals surface area contributed by atoms with Gasteiger partial charge in [-0.05, 0) is 30.8 Å². The van der Waals surface area contributed by atoms with E-state index in [9.17, 15) is 9.59 Å². The predicted molar refractivity (Wildman–Crippen MR) is 72.6 cm³/mol. The van der Waals surface area contributed by atoms with Crippen molar-refractivity contribution in [1.82, 2.24) is 9.88 Å². The first-order chi connectivity index (χ1) is 9.10. The molecule has 1 aromatic rings. The fourth-order valence-corrected chi connectivity index (χ4v) is 1.64. The number of nitrogens with zero attached hydrogens (tertiary/aromatic N) is 2. The van der Waals surface area contributed by atoms with Gasteiger partial charge in [0.15, 0.2) is 0 Å². The molecule has 19 heavy (non-hydrogen) atoms. The number of carbonyl (C=O) groups is 2. The second-order valence-electron chi connectivity index (χ2n) is 4.08. The van der Waals surface area contributed by atoms with Crippen molar-refractivity contribution in [2.75, 3.05) is 0 Å². The van der Waals surface area contributed by atoms with Gasteiger partial charge < -0.3 is 4.90 Å². The van der Waals surface area contributed by atoms with E-state index in [1.807, 2.05) is 0 Å². The summed E-state index contributed by atoms with van der Waals surface area (Å²) in [5, 5.41) is 0. The van der Waals surface area contributed by atoms with E-state index < -0.39 is 5.92 Å². The topological polar surface area (TPSA) is 50.3 Å². The number of hydrogen-bond donors (Lipinski definition) is 0. The van der Waals surface area contributed by atoms with E-state index in [0.717, 1.165) is 5.56 Å². The van der Waals surface area contributed by atoms with Crippen molar-refractivity contribution in [2.24, 2.45) is 5.92 Å². The van der Waals surface area contributed by atoms with Gasteiger partial charge in [-0.2, -0.15) is 0 Å². The summed E-state index contributed by atoms with van der Waals surface area (Å²) in [6.45, 7) is 5.32. The Morgan fingerprint density at radius 1 is 1.53 bits per heavy atom.